The summed E-state index contributed by atoms with van der Waals surface area (Å²) in [4.78, 5) is 8.08. The van der Waals surface area contributed by atoms with Gasteiger partial charge < -0.3 is 19.3 Å². The van der Waals surface area contributed by atoms with Gasteiger partial charge in [-0.15, -0.1) is 0 Å². The minimum atomic E-state index is -0.220. The van der Waals surface area contributed by atoms with E-state index in [1.165, 1.54) is 125 Å². The number of fused-ring (bicyclic) bond motifs is 11. The van der Waals surface area contributed by atoms with Crippen LogP contribution in [0, 0.1) is 13.8 Å². The smallest absolute Gasteiger partial charge is 0.0792 e. The van der Waals surface area contributed by atoms with Gasteiger partial charge >= 0.3 is 0 Å². The molecule has 302 valence electrons. The third-order valence-corrected chi connectivity index (χ3v) is 15.1. The van der Waals surface area contributed by atoms with E-state index in [1.807, 2.05) is 0 Å². The SMILES string of the molecule is CC1=CC=CCC1N(C1=CC=C2N3C4=C(C=CCC4)n4c5ccc(N(c6ccccc6C)c6ccccc6C)cc5c5c6ccccc6c(c3c54)C2(C)C1)C1CCCC=C1C. The predicted octanol–water partition coefficient (Wildman–Crippen LogP) is 14.9. The lowest BCUT2D eigenvalue weighted by molar-refractivity contribution is 0.196. The number of rotatable bonds is 6. The van der Waals surface area contributed by atoms with E-state index in [9.17, 15) is 0 Å². The summed E-state index contributed by atoms with van der Waals surface area (Å²) >= 11 is 0. The summed E-state index contributed by atoms with van der Waals surface area (Å²) in [5.41, 5.74) is 20.0. The van der Waals surface area contributed by atoms with Crippen LogP contribution in [0.25, 0.3) is 38.3 Å². The minimum absolute atomic E-state index is 0.220. The summed E-state index contributed by atoms with van der Waals surface area (Å²) in [5, 5.41) is 5.38. The van der Waals surface area contributed by atoms with Crippen molar-refractivity contribution in [2.24, 2.45) is 0 Å². The highest BCUT2D eigenvalue weighted by atomic mass is 15.3. The summed E-state index contributed by atoms with van der Waals surface area (Å²) in [7, 11) is 0. The van der Waals surface area contributed by atoms with E-state index in [2.05, 4.69) is 193 Å². The summed E-state index contributed by atoms with van der Waals surface area (Å²) in [6.45, 7) is 11.8. The topological polar surface area (TPSA) is 14.7 Å². The van der Waals surface area contributed by atoms with Crippen LogP contribution in [0.4, 0.5) is 22.7 Å². The maximum atomic E-state index is 2.86. The molecule has 4 nitrogen and oxygen atoms in total. The molecule has 3 unspecified atom stereocenters. The molecule has 0 radical (unpaired) electrons. The van der Waals surface area contributed by atoms with Crippen LogP contribution < -0.4 is 9.80 Å². The van der Waals surface area contributed by atoms with Gasteiger partial charge in [-0.05, 0) is 149 Å². The van der Waals surface area contributed by atoms with Crippen LogP contribution in [0.5, 0.6) is 0 Å². The number of anilines is 4. The van der Waals surface area contributed by atoms with Crippen molar-refractivity contribution in [2.45, 2.75) is 97.1 Å². The molecule has 0 N–H and O–H groups in total. The van der Waals surface area contributed by atoms with Crippen LogP contribution in [0.3, 0.4) is 0 Å². The van der Waals surface area contributed by atoms with E-state index < -0.39 is 0 Å². The van der Waals surface area contributed by atoms with Crippen molar-refractivity contribution in [1.82, 2.24) is 9.47 Å². The Hall–Kier alpha value is -6.26. The fourth-order valence-corrected chi connectivity index (χ4v) is 12.2. The monoisotopic (exact) mass is 794 g/mol. The zero-order valence-electron chi connectivity index (χ0n) is 36.2. The zero-order valence-corrected chi connectivity index (χ0v) is 36.2. The lowest BCUT2D eigenvalue weighted by atomic mass is 9.72. The minimum Gasteiger partial charge on any atom is -0.361 e. The molecule has 0 fully saturated rings. The van der Waals surface area contributed by atoms with E-state index in [4.69, 9.17) is 0 Å². The molecule has 6 aromatic rings. The van der Waals surface area contributed by atoms with Gasteiger partial charge in [-0.3, -0.25) is 0 Å². The number of nitrogens with zero attached hydrogens (tertiary/aromatic N) is 4. The Morgan fingerprint density at radius 3 is 2.23 bits per heavy atom. The van der Waals surface area contributed by atoms with Crippen LogP contribution in [0.15, 0.2) is 168 Å². The fourth-order valence-electron chi connectivity index (χ4n) is 12.2. The molecule has 2 aliphatic heterocycles. The Balaban J connectivity index is 1.12. The first-order chi connectivity index (χ1) is 29.8. The Labute approximate surface area is 360 Å². The van der Waals surface area contributed by atoms with Gasteiger partial charge in [0.2, 0.25) is 0 Å². The highest BCUT2D eigenvalue weighted by Gasteiger charge is 2.52. The normalized spacial score (nSPS) is 22.6. The first-order valence-electron chi connectivity index (χ1n) is 22.7. The molecule has 5 aromatic carbocycles. The van der Waals surface area contributed by atoms with Crippen molar-refractivity contribution in [3.8, 4) is 0 Å². The largest absolute Gasteiger partial charge is 0.361 e. The average molecular weight is 795 g/mol. The zero-order chi connectivity index (χ0) is 41.1. The Bertz CT molecular complexity index is 3060. The highest BCUT2D eigenvalue weighted by molar-refractivity contribution is 6.29. The first-order valence-corrected chi connectivity index (χ1v) is 22.7. The van der Waals surface area contributed by atoms with Gasteiger partial charge in [0.25, 0.3) is 0 Å². The standard InChI is InChI=1S/C57H54N4/c1-36-18-6-12-24-45(36)58(46-25-13-7-19-37(46)2)40-30-32-49-44(34-40)53-42-22-10-11-23-43(42)54-56-55(53)60(49)50-28-16-17-29-51(50)61(56)52-33-31-41(35-57(52,54)5)59(47-26-14-8-20-38(47)3)48-27-15-9-21-39(48)4/h6-8,10-14,16,18-25,28,30-34,47-48H,9,15,17,26-27,29,35H2,1-5H3. The molecule has 0 amide bonds. The Morgan fingerprint density at radius 2 is 1.48 bits per heavy atom. The molecule has 4 heteroatoms. The second kappa shape index (κ2) is 13.6. The van der Waals surface area contributed by atoms with E-state index in [0.717, 1.165) is 25.7 Å². The molecule has 12 rings (SSSR count). The van der Waals surface area contributed by atoms with Gasteiger partial charge in [0.15, 0.2) is 0 Å². The summed E-state index contributed by atoms with van der Waals surface area (Å²) in [6, 6.07) is 35.0. The van der Waals surface area contributed by atoms with E-state index in [1.54, 1.807) is 0 Å². The van der Waals surface area contributed by atoms with Crippen LogP contribution >= 0.6 is 0 Å². The van der Waals surface area contributed by atoms with Gasteiger partial charge in [0, 0.05) is 56.8 Å². The summed E-state index contributed by atoms with van der Waals surface area (Å²) < 4.78 is 2.65. The molecule has 4 aliphatic carbocycles. The van der Waals surface area contributed by atoms with Crippen molar-refractivity contribution < 1.29 is 0 Å². The Kier molecular flexibility index (Phi) is 8.17. The van der Waals surface area contributed by atoms with E-state index >= 15 is 0 Å². The van der Waals surface area contributed by atoms with Crippen molar-refractivity contribution in [3.05, 3.63) is 185 Å². The van der Waals surface area contributed by atoms with Crippen LogP contribution in [0.1, 0.15) is 82.4 Å². The van der Waals surface area contributed by atoms with E-state index in [-0.39, 0.29) is 5.41 Å². The van der Waals surface area contributed by atoms with Gasteiger partial charge in [-0.1, -0.05) is 102 Å². The lowest BCUT2D eigenvalue weighted by Gasteiger charge is -2.47. The second-order valence-corrected chi connectivity index (χ2v) is 18.7. The number of aryl methyl sites for hydroxylation is 2. The quantitative estimate of drug-likeness (QED) is 0.156. The third-order valence-electron chi connectivity index (χ3n) is 15.1. The van der Waals surface area contributed by atoms with Gasteiger partial charge in [-0.25, -0.2) is 0 Å². The van der Waals surface area contributed by atoms with Gasteiger partial charge in [0.05, 0.1) is 34.5 Å². The first kappa shape index (κ1) is 36.6. The number of hydrogen-bond acceptors (Lipinski definition) is 3. The van der Waals surface area contributed by atoms with E-state index in [0.29, 0.717) is 12.1 Å². The number of benzene rings is 5. The molecule has 0 saturated heterocycles. The van der Waals surface area contributed by atoms with Crippen molar-refractivity contribution in [2.75, 3.05) is 9.80 Å². The maximum Gasteiger partial charge on any atom is 0.0792 e. The van der Waals surface area contributed by atoms with Crippen molar-refractivity contribution >= 4 is 61.0 Å². The van der Waals surface area contributed by atoms with Crippen molar-refractivity contribution in [1.29, 1.82) is 0 Å². The van der Waals surface area contributed by atoms with Crippen molar-refractivity contribution in [3.63, 3.8) is 0 Å². The molecule has 1 aromatic heterocycles. The number of hydrogen-bond donors (Lipinski definition) is 0. The molecular formula is C57H54N4. The number of aromatic nitrogens is 1. The second-order valence-electron chi connectivity index (χ2n) is 18.7. The third kappa shape index (κ3) is 5.17. The molecule has 3 heterocycles. The van der Waals surface area contributed by atoms with Crippen LogP contribution in [-0.2, 0) is 5.41 Å². The van der Waals surface area contributed by atoms with Gasteiger partial charge in [-0.2, -0.15) is 0 Å². The van der Waals surface area contributed by atoms with Gasteiger partial charge in [0.1, 0.15) is 0 Å². The number of para-hydroxylation sites is 2. The molecule has 0 spiro atoms. The summed E-state index contributed by atoms with van der Waals surface area (Å²) in [5.74, 6) is 0. The highest BCUT2D eigenvalue weighted by Crippen LogP contribution is 2.63. The molecule has 61 heavy (non-hydrogen) atoms. The maximum absolute atomic E-state index is 2.86. The molecule has 0 saturated carbocycles. The summed E-state index contributed by atoms with van der Waals surface area (Å²) in [6.07, 6.45) is 27.1. The molecular weight excluding hydrogens is 741 g/mol. The Morgan fingerprint density at radius 1 is 0.721 bits per heavy atom. The molecule has 0 bridgehead atoms. The van der Waals surface area contributed by atoms with Crippen LogP contribution in [0.2, 0.25) is 0 Å². The lowest BCUT2D eigenvalue weighted by Crippen LogP contribution is -2.47. The molecule has 6 aliphatic rings. The number of allylic oxidation sites excluding steroid dienone is 11. The fraction of sp³-hybridized carbons (Fsp3) is 0.263. The van der Waals surface area contributed by atoms with Crippen LogP contribution in [-0.4, -0.2) is 21.6 Å². The predicted molar refractivity (Wildman–Crippen MR) is 258 cm³/mol. The average Bonchev–Trinajstić information content (AvgIpc) is 3.76. The molecule has 3 atom stereocenters.